The molecule has 6 heteroatoms. The zero-order chi connectivity index (χ0) is 56.2. The first-order valence-electron chi connectivity index (χ1n) is 33.2. The van der Waals surface area contributed by atoms with E-state index in [0.717, 1.165) is 160 Å². The standard InChI is InChI=1S/C78H78N2O4/c81-75-63-43-39-59-55-35-37-57-61-41-45-65-72-66(78(84)80(77(65)83)74-53(33-29-49-19-9-3-10-20-49)25-14-26-54(74)34-30-50-21-11-4-12-22-50)46-42-62(70(61)72)58-38-36-56(67(55)68(57)58)60-40-44-64(71(63)69(59)60)76(82)79(75)73-51(31-27-47-15-5-1-6-16-47)23-13-24-52(73)32-28-48-17-7-2-8-18-48/h13-14,23-26,35-50H,1-12,15-22,27-34H2. The van der Waals surface area contributed by atoms with Crippen molar-refractivity contribution in [3.8, 4) is 0 Å². The zero-order valence-corrected chi connectivity index (χ0v) is 49.0. The molecule has 10 aromatic carbocycles. The highest BCUT2D eigenvalue weighted by atomic mass is 16.2. The van der Waals surface area contributed by atoms with Gasteiger partial charge in [-0.2, -0.15) is 0 Å². The third-order valence-corrected chi connectivity index (χ3v) is 22.4. The lowest BCUT2D eigenvalue weighted by Crippen LogP contribution is -2.41. The topological polar surface area (TPSA) is 74.8 Å². The quantitative estimate of drug-likeness (QED) is 0.0618. The molecule has 0 unspecified atom stereocenters. The Kier molecular flexibility index (Phi) is 13.3. The Morgan fingerprint density at radius 2 is 0.476 bits per heavy atom. The number of anilines is 2. The number of nitrogens with zero attached hydrogens (tertiary/aromatic N) is 2. The molecule has 0 N–H and O–H groups in total. The number of imide groups is 2. The summed E-state index contributed by atoms with van der Waals surface area (Å²) >= 11 is 0. The summed E-state index contributed by atoms with van der Waals surface area (Å²) in [5.74, 6) is 1.86. The van der Waals surface area contributed by atoms with Crippen LogP contribution in [0.1, 0.15) is 218 Å². The summed E-state index contributed by atoms with van der Waals surface area (Å²) in [4.78, 5) is 65.2. The lowest BCUT2D eigenvalue weighted by molar-refractivity contribution is 0.0877. The summed E-state index contributed by atoms with van der Waals surface area (Å²) in [6.45, 7) is 0. The number of amides is 4. The van der Waals surface area contributed by atoms with E-state index in [1.807, 2.05) is 24.3 Å². The molecule has 2 heterocycles. The Labute approximate surface area is 494 Å². The number of benzene rings is 10. The van der Waals surface area contributed by atoms with Gasteiger partial charge in [-0.25, -0.2) is 9.80 Å². The van der Waals surface area contributed by atoms with Crippen molar-refractivity contribution in [2.75, 3.05) is 9.80 Å². The van der Waals surface area contributed by atoms with Crippen molar-refractivity contribution in [1.82, 2.24) is 0 Å². The minimum Gasteiger partial charge on any atom is -0.268 e. The van der Waals surface area contributed by atoms with Crippen LogP contribution in [0.5, 0.6) is 0 Å². The Morgan fingerprint density at radius 1 is 0.262 bits per heavy atom. The second kappa shape index (κ2) is 21.4. The van der Waals surface area contributed by atoms with Gasteiger partial charge in [0.2, 0.25) is 0 Å². The maximum atomic E-state index is 15.5. The average molecular weight is 1110 g/mol. The Bertz CT molecular complexity index is 3770. The van der Waals surface area contributed by atoms with Crippen LogP contribution >= 0.6 is 0 Å². The molecular formula is C78H78N2O4. The molecule has 0 bridgehead atoms. The first kappa shape index (κ1) is 52.4. The second-order valence-corrected chi connectivity index (χ2v) is 27.1. The van der Waals surface area contributed by atoms with Crippen molar-refractivity contribution >= 4 is 110 Å². The van der Waals surface area contributed by atoms with Gasteiger partial charge in [0.15, 0.2) is 0 Å². The maximum Gasteiger partial charge on any atom is 0.266 e. The number of rotatable bonds is 14. The van der Waals surface area contributed by atoms with Gasteiger partial charge in [0.1, 0.15) is 0 Å². The highest BCUT2D eigenvalue weighted by molar-refractivity contribution is 6.47. The lowest BCUT2D eigenvalue weighted by Gasteiger charge is -2.32. The third kappa shape index (κ3) is 8.52. The van der Waals surface area contributed by atoms with E-state index >= 15 is 19.2 Å². The van der Waals surface area contributed by atoms with E-state index in [2.05, 4.69) is 84.9 Å². The molecule has 4 fully saturated rings. The van der Waals surface area contributed by atoms with E-state index in [0.29, 0.717) is 45.9 Å². The SMILES string of the molecule is O=C1c2ccc3c4ccc5c6ccc7c8c(ccc(c9ccc(c%10ccc(c2c3%10)C(=O)N1c1c(CCC2CCCCC2)cccc1CCC1CCCCC1)c4c59)c86)C(=O)N(c1c(CCC2CCCCC2)cccc1CCC1CCCCC1)C7=O. The second-order valence-electron chi connectivity index (χ2n) is 27.1. The van der Waals surface area contributed by atoms with Gasteiger partial charge in [-0.05, 0) is 186 Å². The molecule has 6 aliphatic rings. The third-order valence-electron chi connectivity index (χ3n) is 22.4. The number of fused-ring (bicyclic) bond motifs is 4. The molecule has 0 atom stereocenters. The van der Waals surface area contributed by atoms with Gasteiger partial charge in [-0.3, -0.25) is 19.2 Å². The van der Waals surface area contributed by atoms with Crippen molar-refractivity contribution in [3.63, 3.8) is 0 Å². The Balaban J connectivity index is 0.793. The predicted molar refractivity (Wildman–Crippen MR) is 346 cm³/mol. The van der Waals surface area contributed by atoms with E-state index in [-0.39, 0.29) is 23.6 Å². The van der Waals surface area contributed by atoms with Gasteiger partial charge in [-0.15, -0.1) is 0 Å². The molecule has 0 radical (unpaired) electrons. The van der Waals surface area contributed by atoms with Crippen LogP contribution in [-0.2, 0) is 25.7 Å². The fourth-order valence-corrected chi connectivity index (χ4v) is 18.1. The Hall–Kier alpha value is -7.18. The molecule has 10 aromatic rings. The highest BCUT2D eigenvalue weighted by Gasteiger charge is 2.40. The van der Waals surface area contributed by atoms with Crippen LogP contribution < -0.4 is 9.80 Å². The minimum atomic E-state index is -0.220. The predicted octanol–water partition coefficient (Wildman–Crippen LogP) is 20.3. The van der Waals surface area contributed by atoms with Crippen LogP contribution in [-0.4, -0.2) is 23.6 Å². The van der Waals surface area contributed by atoms with Crippen LogP contribution in [0.3, 0.4) is 0 Å². The first-order valence-corrected chi connectivity index (χ1v) is 33.2. The molecule has 0 aromatic heterocycles. The molecule has 16 rings (SSSR count). The molecule has 0 saturated heterocycles. The van der Waals surface area contributed by atoms with Crippen LogP contribution in [0, 0.1) is 23.7 Å². The number of carbonyl (C=O) groups excluding carboxylic acids is 4. The number of carbonyl (C=O) groups is 4. The van der Waals surface area contributed by atoms with Crippen molar-refractivity contribution in [2.24, 2.45) is 23.7 Å². The van der Waals surface area contributed by atoms with Crippen LogP contribution in [0.25, 0.3) is 75.4 Å². The first-order chi connectivity index (χ1) is 41.4. The maximum absolute atomic E-state index is 15.5. The summed E-state index contributed by atoms with van der Waals surface area (Å²) in [7, 11) is 0. The number of hydrogen-bond acceptors (Lipinski definition) is 4. The van der Waals surface area contributed by atoms with Gasteiger partial charge in [-0.1, -0.05) is 213 Å². The van der Waals surface area contributed by atoms with E-state index in [9.17, 15) is 0 Å². The van der Waals surface area contributed by atoms with Crippen molar-refractivity contribution in [1.29, 1.82) is 0 Å². The molecule has 0 spiro atoms. The van der Waals surface area contributed by atoms with Gasteiger partial charge in [0, 0.05) is 33.0 Å². The largest absolute Gasteiger partial charge is 0.268 e. The van der Waals surface area contributed by atoms with Crippen molar-refractivity contribution < 1.29 is 19.2 Å². The molecular weight excluding hydrogens is 1030 g/mol. The van der Waals surface area contributed by atoms with Crippen molar-refractivity contribution in [2.45, 2.75) is 180 Å². The van der Waals surface area contributed by atoms with E-state index in [4.69, 9.17) is 0 Å². The summed E-state index contributed by atoms with van der Waals surface area (Å²) < 4.78 is 0. The fraction of sp³-hybridized carbons (Fsp3) is 0.410. The fourth-order valence-electron chi connectivity index (χ4n) is 18.1. The molecule has 2 aliphatic heterocycles. The molecule has 6 nitrogen and oxygen atoms in total. The van der Waals surface area contributed by atoms with E-state index in [1.165, 1.54) is 128 Å². The van der Waals surface area contributed by atoms with Gasteiger partial charge < -0.3 is 0 Å². The molecule has 424 valence electrons. The van der Waals surface area contributed by atoms with Crippen LogP contribution in [0.4, 0.5) is 11.4 Å². The summed E-state index contributed by atoms with van der Waals surface area (Å²) in [6, 6.07) is 38.6. The van der Waals surface area contributed by atoms with Gasteiger partial charge in [0.25, 0.3) is 23.6 Å². The highest BCUT2D eigenvalue weighted by Crippen LogP contribution is 2.51. The van der Waals surface area contributed by atoms with Gasteiger partial charge >= 0.3 is 0 Å². The smallest absolute Gasteiger partial charge is 0.266 e. The summed E-state index contributed by atoms with van der Waals surface area (Å²) in [5.41, 5.74) is 8.56. The van der Waals surface area contributed by atoms with E-state index in [1.54, 1.807) is 9.80 Å². The average Bonchev–Trinajstić information content (AvgIpc) is 0.769. The normalized spacial score (nSPS) is 19.0. The molecule has 4 aliphatic carbocycles. The van der Waals surface area contributed by atoms with Gasteiger partial charge in [0.05, 0.1) is 11.4 Å². The van der Waals surface area contributed by atoms with Crippen LogP contribution in [0.2, 0.25) is 0 Å². The van der Waals surface area contributed by atoms with Crippen LogP contribution in [0.15, 0.2) is 109 Å². The summed E-state index contributed by atoms with van der Waals surface area (Å²) in [5, 5.41) is 14.2. The number of para-hydroxylation sites is 2. The van der Waals surface area contributed by atoms with E-state index < -0.39 is 0 Å². The zero-order valence-electron chi connectivity index (χ0n) is 49.0. The molecule has 4 saturated carbocycles. The monoisotopic (exact) mass is 1110 g/mol. The number of hydrogen-bond donors (Lipinski definition) is 0. The lowest BCUT2D eigenvalue weighted by atomic mass is 9.80. The summed E-state index contributed by atoms with van der Waals surface area (Å²) in [6.07, 6.45) is 33.6. The Morgan fingerprint density at radius 3 is 0.714 bits per heavy atom. The van der Waals surface area contributed by atoms with Crippen molar-refractivity contribution in [3.05, 3.63) is 154 Å². The minimum absolute atomic E-state index is 0.220. The number of aryl methyl sites for hydroxylation is 4. The molecule has 4 amide bonds. The molecule has 84 heavy (non-hydrogen) atoms.